The molecule has 3 N–H and O–H groups in total. The summed E-state index contributed by atoms with van der Waals surface area (Å²) in [5.41, 5.74) is 5.84. The lowest BCUT2D eigenvalue weighted by Gasteiger charge is -2.14. The van der Waals surface area contributed by atoms with Gasteiger partial charge in [0.2, 0.25) is 5.88 Å². The van der Waals surface area contributed by atoms with Gasteiger partial charge in [0.05, 0.1) is 12.4 Å². The Morgan fingerprint density at radius 3 is 2.67 bits per heavy atom. The SMILES string of the molecule is CC(C)Oc1ncccc1NS(=O)(=O)c1c(N)ncn1C. The molecule has 9 heteroatoms. The van der Waals surface area contributed by atoms with E-state index in [0.717, 1.165) is 0 Å². The lowest BCUT2D eigenvalue weighted by atomic mass is 10.4. The highest BCUT2D eigenvalue weighted by Crippen LogP contribution is 2.26. The number of nitrogen functional groups attached to an aromatic ring is 1. The number of rotatable bonds is 5. The van der Waals surface area contributed by atoms with E-state index in [0.29, 0.717) is 0 Å². The summed E-state index contributed by atoms with van der Waals surface area (Å²) >= 11 is 0. The molecule has 2 heterocycles. The molecule has 0 radical (unpaired) electrons. The van der Waals surface area contributed by atoms with E-state index in [2.05, 4.69) is 14.7 Å². The lowest BCUT2D eigenvalue weighted by Crippen LogP contribution is -2.19. The molecule has 2 rings (SSSR count). The third kappa shape index (κ3) is 3.24. The van der Waals surface area contributed by atoms with Crippen LogP contribution in [0.25, 0.3) is 0 Å². The lowest BCUT2D eigenvalue weighted by molar-refractivity contribution is 0.234. The van der Waals surface area contributed by atoms with Gasteiger partial charge in [-0.1, -0.05) is 0 Å². The average molecular weight is 311 g/mol. The van der Waals surface area contributed by atoms with E-state index in [9.17, 15) is 8.42 Å². The van der Waals surface area contributed by atoms with Crippen LogP contribution in [0, 0.1) is 0 Å². The van der Waals surface area contributed by atoms with Crippen molar-refractivity contribution in [1.82, 2.24) is 14.5 Å². The van der Waals surface area contributed by atoms with Gasteiger partial charge in [0.25, 0.3) is 10.0 Å². The number of imidazole rings is 1. The van der Waals surface area contributed by atoms with Crippen LogP contribution in [0.2, 0.25) is 0 Å². The molecule has 0 aliphatic carbocycles. The average Bonchev–Trinajstić information content (AvgIpc) is 2.71. The standard InChI is InChI=1S/C12H17N5O3S/c1-8(2)20-11-9(5-4-6-14-11)16-21(18,19)12-10(13)15-7-17(12)3/h4-8,16H,13H2,1-3H3. The minimum Gasteiger partial charge on any atom is -0.473 e. The first-order valence-electron chi connectivity index (χ1n) is 6.22. The highest BCUT2D eigenvalue weighted by atomic mass is 32.2. The topological polar surface area (TPSA) is 112 Å². The summed E-state index contributed by atoms with van der Waals surface area (Å²) in [6.07, 6.45) is 2.72. The van der Waals surface area contributed by atoms with Gasteiger partial charge in [-0.25, -0.2) is 9.97 Å². The molecule has 0 aromatic carbocycles. The van der Waals surface area contributed by atoms with Crippen LogP contribution in [0.4, 0.5) is 11.5 Å². The first-order chi connectivity index (χ1) is 9.81. The zero-order chi connectivity index (χ0) is 15.6. The van der Waals surface area contributed by atoms with E-state index in [1.165, 1.54) is 17.1 Å². The molecular formula is C12H17N5O3S. The van der Waals surface area contributed by atoms with Crippen LogP contribution in [-0.2, 0) is 17.1 Å². The molecule has 0 amide bonds. The van der Waals surface area contributed by atoms with Gasteiger partial charge < -0.3 is 15.0 Å². The fraction of sp³-hybridized carbons (Fsp3) is 0.333. The number of sulfonamides is 1. The second-order valence-electron chi connectivity index (χ2n) is 4.67. The Bertz CT molecular complexity index is 720. The van der Waals surface area contributed by atoms with E-state index in [1.807, 2.05) is 13.8 Å². The second kappa shape index (κ2) is 5.60. The van der Waals surface area contributed by atoms with E-state index in [1.54, 1.807) is 19.2 Å². The molecule has 0 aliphatic heterocycles. The molecule has 21 heavy (non-hydrogen) atoms. The fourth-order valence-electron chi connectivity index (χ4n) is 1.74. The molecule has 114 valence electrons. The Kier molecular flexibility index (Phi) is 4.03. The summed E-state index contributed by atoms with van der Waals surface area (Å²) in [7, 11) is -2.34. The van der Waals surface area contributed by atoms with Gasteiger partial charge in [-0.3, -0.25) is 4.72 Å². The Hall–Kier alpha value is -2.29. The first-order valence-corrected chi connectivity index (χ1v) is 7.71. The zero-order valence-electron chi connectivity index (χ0n) is 11.9. The molecule has 0 spiro atoms. The number of hydrogen-bond acceptors (Lipinski definition) is 6. The van der Waals surface area contributed by atoms with Crippen LogP contribution in [0.5, 0.6) is 5.88 Å². The molecule has 0 bridgehead atoms. The molecule has 0 fully saturated rings. The van der Waals surface area contributed by atoms with E-state index >= 15 is 0 Å². The maximum Gasteiger partial charge on any atom is 0.281 e. The van der Waals surface area contributed by atoms with Crippen molar-refractivity contribution in [2.45, 2.75) is 25.0 Å². The van der Waals surface area contributed by atoms with Crippen molar-refractivity contribution >= 4 is 21.5 Å². The van der Waals surface area contributed by atoms with Gasteiger partial charge in [0.1, 0.15) is 5.69 Å². The van der Waals surface area contributed by atoms with Gasteiger partial charge in [-0.2, -0.15) is 8.42 Å². The predicted octanol–water partition coefficient (Wildman–Crippen LogP) is 0.985. The summed E-state index contributed by atoms with van der Waals surface area (Å²) in [5, 5.41) is -0.109. The molecule has 0 saturated carbocycles. The number of nitrogens with one attached hydrogen (secondary N) is 1. The molecule has 0 aliphatic rings. The van der Waals surface area contributed by atoms with Crippen molar-refractivity contribution < 1.29 is 13.2 Å². The largest absolute Gasteiger partial charge is 0.473 e. The van der Waals surface area contributed by atoms with Crippen LogP contribution in [0.15, 0.2) is 29.7 Å². The van der Waals surface area contributed by atoms with Gasteiger partial charge in [0, 0.05) is 13.2 Å². The predicted molar refractivity (Wildman–Crippen MR) is 78.4 cm³/mol. The van der Waals surface area contributed by atoms with Crippen molar-refractivity contribution in [1.29, 1.82) is 0 Å². The monoisotopic (exact) mass is 311 g/mol. The summed E-state index contributed by atoms with van der Waals surface area (Å²) in [4.78, 5) is 7.80. The van der Waals surface area contributed by atoms with Gasteiger partial charge in [-0.15, -0.1) is 0 Å². The number of aromatic nitrogens is 3. The van der Waals surface area contributed by atoms with E-state index in [4.69, 9.17) is 10.5 Å². The number of aryl methyl sites for hydroxylation is 1. The Morgan fingerprint density at radius 2 is 2.10 bits per heavy atom. The maximum atomic E-state index is 12.4. The van der Waals surface area contributed by atoms with Gasteiger partial charge >= 0.3 is 0 Å². The maximum absolute atomic E-state index is 12.4. The Morgan fingerprint density at radius 1 is 1.38 bits per heavy atom. The van der Waals surface area contributed by atoms with Crippen LogP contribution in [-0.4, -0.2) is 29.1 Å². The Balaban J connectivity index is 2.38. The van der Waals surface area contributed by atoms with Crippen molar-refractivity contribution in [3.8, 4) is 5.88 Å². The first kappa shape index (κ1) is 15.1. The number of anilines is 2. The quantitative estimate of drug-likeness (QED) is 0.851. The molecule has 0 atom stereocenters. The fourth-order valence-corrected chi connectivity index (χ4v) is 3.04. The summed E-state index contributed by atoms with van der Waals surface area (Å²) < 4.78 is 34.0. The van der Waals surface area contributed by atoms with Gasteiger partial charge in [-0.05, 0) is 26.0 Å². The van der Waals surface area contributed by atoms with E-state index < -0.39 is 10.0 Å². The van der Waals surface area contributed by atoms with Crippen molar-refractivity contribution in [2.75, 3.05) is 10.5 Å². The van der Waals surface area contributed by atoms with E-state index in [-0.39, 0.29) is 28.5 Å². The third-order valence-corrected chi connectivity index (χ3v) is 4.02. The molecule has 0 saturated heterocycles. The van der Waals surface area contributed by atoms with Crippen molar-refractivity contribution in [3.63, 3.8) is 0 Å². The number of hydrogen-bond donors (Lipinski definition) is 2. The highest BCUT2D eigenvalue weighted by Gasteiger charge is 2.24. The zero-order valence-corrected chi connectivity index (χ0v) is 12.8. The summed E-state index contributed by atoms with van der Waals surface area (Å²) in [5.74, 6) is 0.136. The molecule has 8 nitrogen and oxygen atoms in total. The molecule has 0 unspecified atom stereocenters. The molecule has 2 aromatic rings. The van der Waals surface area contributed by atoms with Crippen molar-refractivity contribution in [3.05, 3.63) is 24.7 Å². The highest BCUT2D eigenvalue weighted by molar-refractivity contribution is 7.92. The van der Waals surface area contributed by atoms with Crippen LogP contribution in [0.3, 0.4) is 0 Å². The smallest absolute Gasteiger partial charge is 0.281 e. The normalized spacial score (nSPS) is 11.6. The summed E-state index contributed by atoms with van der Waals surface area (Å²) in [6.45, 7) is 3.65. The minimum atomic E-state index is -3.88. The van der Waals surface area contributed by atoms with Crippen LogP contribution >= 0.6 is 0 Å². The molecular weight excluding hydrogens is 294 g/mol. The summed E-state index contributed by atoms with van der Waals surface area (Å²) in [6, 6.07) is 3.17. The second-order valence-corrected chi connectivity index (χ2v) is 6.27. The number of nitrogens with two attached hydrogens (primary N) is 1. The van der Waals surface area contributed by atoms with Crippen LogP contribution in [0.1, 0.15) is 13.8 Å². The van der Waals surface area contributed by atoms with Crippen molar-refractivity contribution in [2.24, 2.45) is 7.05 Å². The molecule has 2 aromatic heterocycles. The minimum absolute atomic E-state index is 0.0692. The number of nitrogens with zero attached hydrogens (tertiary/aromatic N) is 3. The number of pyridine rings is 1. The number of ether oxygens (including phenoxy) is 1. The third-order valence-electron chi connectivity index (χ3n) is 2.53. The Labute approximate surface area is 123 Å². The van der Waals surface area contributed by atoms with Gasteiger partial charge in [0.15, 0.2) is 10.8 Å². The van der Waals surface area contributed by atoms with Crippen LogP contribution < -0.4 is 15.2 Å².